The number of rotatable bonds is 5. The zero-order valence-electron chi connectivity index (χ0n) is 14.3. The second-order valence-electron chi connectivity index (χ2n) is 6.38. The molecule has 3 aromatic rings. The van der Waals surface area contributed by atoms with E-state index in [0.717, 1.165) is 25.9 Å². The molecule has 1 saturated heterocycles. The van der Waals surface area contributed by atoms with Gasteiger partial charge in [0, 0.05) is 24.7 Å². The molecule has 4 rings (SSSR count). The molecule has 0 aliphatic carbocycles. The number of carbonyl (C=O) groups is 1. The average molecular weight is 352 g/mol. The average Bonchev–Trinajstić information content (AvgIpc) is 3.36. The summed E-state index contributed by atoms with van der Waals surface area (Å²) in [7, 11) is 0. The van der Waals surface area contributed by atoms with Gasteiger partial charge in [-0.05, 0) is 37.1 Å². The fourth-order valence-electron chi connectivity index (χ4n) is 3.11. The van der Waals surface area contributed by atoms with E-state index in [1.807, 2.05) is 30.3 Å². The summed E-state index contributed by atoms with van der Waals surface area (Å²) in [5, 5.41) is 7.06. The van der Waals surface area contributed by atoms with Crippen LogP contribution in [0.1, 0.15) is 29.1 Å². The van der Waals surface area contributed by atoms with Crippen molar-refractivity contribution in [1.82, 2.24) is 20.4 Å². The van der Waals surface area contributed by atoms with Gasteiger partial charge in [0.15, 0.2) is 5.76 Å². The molecule has 0 saturated carbocycles. The van der Waals surface area contributed by atoms with Gasteiger partial charge in [-0.1, -0.05) is 23.4 Å². The van der Waals surface area contributed by atoms with Gasteiger partial charge in [-0.3, -0.25) is 9.69 Å². The highest BCUT2D eigenvalue weighted by molar-refractivity contribution is 5.94. The number of likely N-dealkylation sites (tertiary alicyclic amines) is 1. The van der Waals surface area contributed by atoms with Crippen molar-refractivity contribution in [1.29, 1.82) is 0 Å². The van der Waals surface area contributed by atoms with E-state index in [9.17, 15) is 4.79 Å². The molecule has 7 nitrogen and oxygen atoms in total. The number of nitrogens with zero attached hydrogens (tertiary/aromatic N) is 3. The molecule has 1 N–H and O–H groups in total. The third kappa shape index (κ3) is 3.83. The third-order valence-corrected chi connectivity index (χ3v) is 4.53. The number of amides is 1. The van der Waals surface area contributed by atoms with Crippen LogP contribution in [0.5, 0.6) is 0 Å². The van der Waals surface area contributed by atoms with Gasteiger partial charge >= 0.3 is 0 Å². The van der Waals surface area contributed by atoms with Gasteiger partial charge in [0.05, 0.1) is 12.8 Å². The first kappa shape index (κ1) is 16.5. The van der Waals surface area contributed by atoms with Crippen LogP contribution in [-0.2, 0) is 6.54 Å². The Labute approximate surface area is 151 Å². The van der Waals surface area contributed by atoms with Crippen LogP contribution < -0.4 is 5.32 Å². The molecular formula is C19H20N4O3. The van der Waals surface area contributed by atoms with Gasteiger partial charge in [-0.2, -0.15) is 4.98 Å². The maximum atomic E-state index is 12.2. The van der Waals surface area contributed by atoms with Gasteiger partial charge in [-0.25, -0.2) is 0 Å². The fourth-order valence-corrected chi connectivity index (χ4v) is 3.11. The van der Waals surface area contributed by atoms with Gasteiger partial charge in [-0.15, -0.1) is 0 Å². The lowest BCUT2D eigenvalue weighted by atomic mass is 10.0. The molecule has 0 bridgehead atoms. The summed E-state index contributed by atoms with van der Waals surface area (Å²) in [6, 6.07) is 13.1. The Bertz CT molecular complexity index is 837. The van der Waals surface area contributed by atoms with Gasteiger partial charge in [0.1, 0.15) is 0 Å². The Hall–Kier alpha value is -2.93. The summed E-state index contributed by atoms with van der Waals surface area (Å²) < 4.78 is 10.6. The predicted octanol–water partition coefficient (Wildman–Crippen LogP) is 2.72. The Morgan fingerprint density at radius 2 is 1.96 bits per heavy atom. The maximum Gasteiger partial charge on any atom is 0.251 e. The lowest BCUT2D eigenvalue weighted by Gasteiger charge is -2.31. The number of nitrogens with one attached hydrogen (secondary N) is 1. The molecule has 1 aromatic carbocycles. The van der Waals surface area contributed by atoms with Crippen LogP contribution in [0.3, 0.4) is 0 Å². The maximum absolute atomic E-state index is 12.2. The van der Waals surface area contributed by atoms with E-state index in [2.05, 4.69) is 20.4 Å². The van der Waals surface area contributed by atoms with Crippen molar-refractivity contribution < 1.29 is 13.7 Å². The summed E-state index contributed by atoms with van der Waals surface area (Å²) in [5.41, 5.74) is 0.700. The largest absolute Gasteiger partial charge is 0.461 e. The number of hydrogen-bond donors (Lipinski definition) is 1. The molecular weight excluding hydrogens is 332 g/mol. The molecule has 1 aliphatic rings. The normalized spacial score (nSPS) is 15.8. The number of aromatic nitrogens is 2. The van der Waals surface area contributed by atoms with Crippen molar-refractivity contribution in [2.24, 2.45) is 0 Å². The molecule has 1 aliphatic heterocycles. The van der Waals surface area contributed by atoms with Crippen LogP contribution in [-0.4, -0.2) is 40.1 Å². The summed E-state index contributed by atoms with van der Waals surface area (Å²) in [6.45, 7) is 2.35. The Kier molecular flexibility index (Phi) is 4.79. The van der Waals surface area contributed by atoms with Crippen molar-refractivity contribution in [3.8, 4) is 11.6 Å². The Balaban J connectivity index is 1.27. The number of piperidine rings is 1. The SMILES string of the molecule is O=C(NC1CCN(Cc2nc(-c3ccco3)no2)CC1)c1ccccc1. The summed E-state index contributed by atoms with van der Waals surface area (Å²) >= 11 is 0. The summed E-state index contributed by atoms with van der Waals surface area (Å²) in [6.07, 6.45) is 3.38. The van der Waals surface area contributed by atoms with Crippen LogP contribution in [0, 0.1) is 0 Å². The number of hydrogen-bond acceptors (Lipinski definition) is 6. The summed E-state index contributed by atoms with van der Waals surface area (Å²) in [5.74, 6) is 1.63. The minimum Gasteiger partial charge on any atom is -0.461 e. The lowest BCUT2D eigenvalue weighted by molar-refractivity contribution is 0.0904. The zero-order valence-corrected chi connectivity index (χ0v) is 14.3. The zero-order chi connectivity index (χ0) is 17.8. The molecule has 0 atom stereocenters. The van der Waals surface area contributed by atoms with E-state index < -0.39 is 0 Å². The Morgan fingerprint density at radius 3 is 2.69 bits per heavy atom. The van der Waals surface area contributed by atoms with Crippen molar-refractivity contribution in [3.05, 3.63) is 60.2 Å². The van der Waals surface area contributed by atoms with E-state index in [1.165, 1.54) is 0 Å². The molecule has 0 spiro atoms. The van der Waals surface area contributed by atoms with Crippen LogP contribution >= 0.6 is 0 Å². The third-order valence-electron chi connectivity index (χ3n) is 4.53. The number of carbonyl (C=O) groups excluding carboxylic acids is 1. The molecule has 26 heavy (non-hydrogen) atoms. The first-order valence-corrected chi connectivity index (χ1v) is 8.72. The van der Waals surface area contributed by atoms with Crippen LogP contribution in [0.15, 0.2) is 57.7 Å². The topological polar surface area (TPSA) is 84.4 Å². The summed E-state index contributed by atoms with van der Waals surface area (Å²) in [4.78, 5) is 18.9. The minimum absolute atomic E-state index is 0.0101. The van der Waals surface area contributed by atoms with E-state index in [0.29, 0.717) is 29.6 Å². The van der Waals surface area contributed by atoms with Crippen molar-refractivity contribution >= 4 is 5.91 Å². The monoisotopic (exact) mass is 352 g/mol. The van der Waals surface area contributed by atoms with Gasteiger partial charge < -0.3 is 14.3 Å². The van der Waals surface area contributed by atoms with Gasteiger partial charge in [0.25, 0.3) is 5.91 Å². The first-order valence-electron chi connectivity index (χ1n) is 8.72. The molecule has 0 radical (unpaired) electrons. The first-order chi connectivity index (χ1) is 12.8. The highest BCUT2D eigenvalue weighted by Crippen LogP contribution is 2.18. The van der Waals surface area contributed by atoms with Crippen molar-refractivity contribution in [2.75, 3.05) is 13.1 Å². The quantitative estimate of drug-likeness (QED) is 0.760. The van der Waals surface area contributed by atoms with E-state index in [4.69, 9.17) is 8.94 Å². The second-order valence-corrected chi connectivity index (χ2v) is 6.38. The lowest BCUT2D eigenvalue weighted by Crippen LogP contribution is -2.44. The van der Waals surface area contributed by atoms with Crippen LogP contribution in [0.2, 0.25) is 0 Å². The highest BCUT2D eigenvalue weighted by Gasteiger charge is 2.23. The molecule has 0 unspecified atom stereocenters. The van der Waals surface area contributed by atoms with E-state index >= 15 is 0 Å². The molecule has 7 heteroatoms. The molecule has 1 amide bonds. The fraction of sp³-hybridized carbons (Fsp3) is 0.316. The standard InChI is InChI=1S/C19H20N4O3/c24-19(14-5-2-1-3-6-14)20-15-8-10-23(11-9-15)13-17-21-18(22-26-17)16-7-4-12-25-16/h1-7,12,15H,8-11,13H2,(H,20,24). The smallest absolute Gasteiger partial charge is 0.251 e. The van der Waals surface area contributed by atoms with Crippen molar-refractivity contribution in [3.63, 3.8) is 0 Å². The highest BCUT2D eigenvalue weighted by atomic mass is 16.5. The predicted molar refractivity (Wildman–Crippen MR) is 94.2 cm³/mol. The Morgan fingerprint density at radius 1 is 1.15 bits per heavy atom. The van der Waals surface area contributed by atoms with E-state index in [1.54, 1.807) is 18.4 Å². The van der Waals surface area contributed by atoms with Crippen LogP contribution in [0.25, 0.3) is 11.6 Å². The van der Waals surface area contributed by atoms with Crippen molar-refractivity contribution in [2.45, 2.75) is 25.4 Å². The number of furan rings is 1. The van der Waals surface area contributed by atoms with E-state index in [-0.39, 0.29) is 11.9 Å². The molecule has 3 heterocycles. The number of benzene rings is 1. The molecule has 2 aromatic heterocycles. The molecule has 134 valence electrons. The van der Waals surface area contributed by atoms with Crippen LogP contribution in [0.4, 0.5) is 0 Å². The second kappa shape index (κ2) is 7.53. The molecule has 1 fully saturated rings. The minimum atomic E-state index is -0.0101. The van der Waals surface area contributed by atoms with Gasteiger partial charge in [0.2, 0.25) is 11.7 Å².